The van der Waals surface area contributed by atoms with Crippen LogP contribution in [0.2, 0.25) is 0 Å². The number of hydrogen-bond acceptors (Lipinski definition) is 5. The van der Waals surface area contributed by atoms with Gasteiger partial charge < -0.3 is 4.90 Å². The molecule has 7 nitrogen and oxygen atoms in total. The first-order valence-corrected chi connectivity index (χ1v) is 11.9. The molecule has 4 aromatic rings. The van der Waals surface area contributed by atoms with E-state index in [1.165, 1.54) is 4.57 Å². The molecule has 0 atom stereocenters. The SMILES string of the molecule is O=c1c(-c2ccccc2)c2ccccn2c(=O)n1CCCCN1CCN(c2ccccn2)CC1. The van der Waals surface area contributed by atoms with E-state index in [4.69, 9.17) is 0 Å². The topological polar surface area (TPSA) is 62.9 Å². The summed E-state index contributed by atoms with van der Waals surface area (Å²) in [6.45, 7) is 5.29. The highest BCUT2D eigenvalue weighted by molar-refractivity contribution is 5.79. The van der Waals surface area contributed by atoms with Crippen molar-refractivity contribution in [3.05, 3.63) is 100.0 Å². The molecule has 3 aromatic heterocycles. The molecule has 1 aliphatic heterocycles. The lowest BCUT2D eigenvalue weighted by Crippen LogP contribution is -2.47. The van der Waals surface area contributed by atoms with Crippen LogP contribution in [0.3, 0.4) is 0 Å². The summed E-state index contributed by atoms with van der Waals surface area (Å²) in [5.41, 5.74) is 1.56. The van der Waals surface area contributed by atoms with Crippen LogP contribution in [-0.2, 0) is 6.54 Å². The molecule has 1 aliphatic rings. The number of piperazine rings is 1. The molecule has 0 aliphatic carbocycles. The van der Waals surface area contributed by atoms with Gasteiger partial charge in [-0.05, 0) is 49.2 Å². The van der Waals surface area contributed by atoms with Gasteiger partial charge in [0.15, 0.2) is 0 Å². The summed E-state index contributed by atoms with van der Waals surface area (Å²) in [4.78, 5) is 35.7. The zero-order chi connectivity index (χ0) is 23.3. The summed E-state index contributed by atoms with van der Waals surface area (Å²) in [6.07, 6.45) is 5.29. The molecule has 5 rings (SSSR count). The van der Waals surface area contributed by atoms with Gasteiger partial charge in [-0.1, -0.05) is 42.5 Å². The van der Waals surface area contributed by atoms with E-state index in [2.05, 4.69) is 20.9 Å². The third-order valence-corrected chi connectivity index (χ3v) is 6.53. The van der Waals surface area contributed by atoms with Gasteiger partial charge >= 0.3 is 5.69 Å². The number of pyridine rings is 2. The molecule has 1 saturated heterocycles. The Bertz CT molecular complexity index is 1360. The Kier molecular flexibility index (Phi) is 6.53. The van der Waals surface area contributed by atoms with E-state index < -0.39 is 0 Å². The maximum atomic E-state index is 13.4. The molecule has 34 heavy (non-hydrogen) atoms. The third-order valence-electron chi connectivity index (χ3n) is 6.53. The number of anilines is 1. The van der Waals surface area contributed by atoms with E-state index in [0.717, 1.165) is 56.9 Å². The maximum Gasteiger partial charge on any atom is 0.335 e. The van der Waals surface area contributed by atoms with Gasteiger partial charge in [0.1, 0.15) is 5.82 Å². The second-order valence-corrected chi connectivity index (χ2v) is 8.66. The number of hydrogen-bond donors (Lipinski definition) is 0. The van der Waals surface area contributed by atoms with Gasteiger partial charge in [0.05, 0.1) is 11.1 Å². The molecule has 0 N–H and O–H groups in total. The highest BCUT2D eigenvalue weighted by Crippen LogP contribution is 2.19. The lowest BCUT2D eigenvalue weighted by atomic mass is 10.1. The lowest BCUT2D eigenvalue weighted by Gasteiger charge is -2.35. The Balaban J connectivity index is 1.25. The molecule has 4 heterocycles. The minimum atomic E-state index is -0.274. The van der Waals surface area contributed by atoms with Crippen LogP contribution in [0.1, 0.15) is 12.8 Å². The van der Waals surface area contributed by atoms with Crippen LogP contribution >= 0.6 is 0 Å². The highest BCUT2D eigenvalue weighted by Gasteiger charge is 2.18. The summed E-state index contributed by atoms with van der Waals surface area (Å²) < 4.78 is 2.98. The van der Waals surface area contributed by atoms with Crippen molar-refractivity contribution in [1.82, 2.24) is 18.9 Å². The van der Waals surface area contributed by atoms with Gasteiger partial charge in [-0.15, -0.1) is 0 Å². The maximum absolute atomic E-state index is 13.4. The Morgan fingerprint density at radius 2 is 1.50 bits per heavy atom. The van der Waals surface area contributed by atoms with Crippen molar-refractivity contribution in [1.29, 1.82) is 0 Å². The Labute approximate surface area is 198 Å². The quantitative estimate of drug-likeness (QED) is 0.401. The van der Waals surface area contributed by atoms with Crippen LogP contribution in [-0.4, -0.2) is 51.6 Å². The number of unbranched alkanes of at least 4 members (excludes halogenated alkanes) is 1. The third kappa shape index (κ3) is 4.52. The molecular formula is C27H29N5O2. The summed E-state index contributed by atoms with van der Waals surface area (Å²) in [5.74, 6) is 1.03. The molecule has 0 bridgehead atoms. The fourth-order valence-corrected chi connectivity index (χ4v) is 4.70. The molecule has 174 valence electrons. The molecular weight excluding hydrogens is 426 g/mol. The van der Waals surface area contributed by atoms with Crippen LogP contribution < -0.4 is 16.1 Å². The van der Waals surface area contributed by atoms with Crippen LogP contribution in [0.4, 0.5) is 5.82 Å². The van der Waals surface area contributed by atoms with Crippen molar-refractivity contribution in [2.75, 3.05) is 37.6 Å². The normalized spacial score (nSPS) is 14.5. The van der Waals surface area contributed by atoms with Gasteiger partial charge in [0.2, 0.25) is 0 Å². The van der Waals surface area contributed by atoms with Gasteiger partial charge in [-0.3, -0.25) is 18.7 Å². The number of benzene rings is 1. The first-order valence-electron chi connectivity index (χ1n) is 11.9. The van der Waals surface area contributed by atoms with Gasteiger partial charge in [0.25, 0.3) is 5.56 Å². The average molecular weight is 456 g/mol. The second kappa shape index (κ2) is 10.1. The van der Waals surface area contributed by atoms with Crippen LogP contribution in [0.15, 0.2) is 88.7 Å². The van der Waals surface area contributed by atoms with E-state index in [1.807, 2.05) is 66.9 Å². The Morgan fingerprint density at radius 3 is 2.26 bits per heavy atom. The molecule has 0 spiro atoms. The molecule has 0 radical (unpaired) electrons. The van der Waals surface area contributed by atoms with Gasteiger partial charge in [0, 0.05) is 45.1 Å². The first-order chi connectivity index (χ1) is 16.7. The van der Waals surface area contributed by atoms with E-state index in [-0.39, 0.29) is 11.2 Å². The summed E-state index contributed by atoms with van der Waals surface area (Å²) in [5, 5.41) is 0. The van der Waals surface area contributed by atoms with Crippen molar-refractivity contribution in [3.8, 4) is 11.1 Å². The van der Waals surface area contributed by atoms with Gasteiger partial charge in [-0.2, -0.15) is 0 Å². The van der Waals surface area contributed by atoms with Crippen LogP contribution in [0.25, 0.3) is 16.6 Å². The molecule has 7 heteroatoms. The molecule has 0 saturated carbocycles. The van der Waals surface area contributed by atoms with E-state index >= 15 is 0 Å². The predicted molar refractivity (Wildman–Crippen MR) is 135 cm³/mol. The van der Waals surface area contributed by atoms with Crippen molar-refractivity contribution < 1.29 is 0 Å². The van der Waals surface area contributed by atoms with E-state index in [0.29, 0.717) is 17.6 Å². The fourth-order valence-electron chi connectivity index (χ4n) is 4.70. The average Bonchev–Trinajstić information content (AvgIpc) is 2.90. The molecule has 1 aromatic carbocycles. The summed E-state index contributed by atoms with van der Waals surface area (Å²) in [7, 11) is 0. The smallest absolute Gasteiger partial charge is 0.335 e. The van der Waals surface area contributed by atoms with E-state index in [9.17, 15) is 9.59 Å². The molecule has 1 fully saturated rings. The van der Waals surface area contributed by atoms with Crippen molar-refractivity contribution >= 4 is 11.3 Å². The summed E-state index contributed by atoms with van der Waals surface area (Å²) >= 11 is 0. The standard InChI is InChI=1S/C27H29N5O2/c33-26-25(22-10-2-1-3-11-22)23-12-5-7-16-31(23)27(34)32(26)17-9-8-15-29-18-20-30(21-19-29)24-13-4-6-14-28-24/h1-7,10-14,16H,8-9,15,17-21H2. The zero-order valence-electron chi connectivity index (χ0n) is 19.2. The van der Waals surface area contributed by atoms with Gasteiger partial charge in [-0.25, -0.2) is 9.78 Å². The minimum absolute atomic E-state index is 0.216. The van der Waals surface area contributed by atoms with Crippen LogP contribution in [0.5, 0.6) is 0 Å². The van der Waals surface area contributed by atoms with E-state index in [1.54, 1.807) is 10.6 Å². The Morgan fingerprint density at radius 1 is 0.765 bits per heavy atom. The lowest BCUT2D eigenvalue weighted by molar-refractivity contribution is 0.250. The fraction of sp³-hybridized carbons (Fsp3) is 0.296. The molecule has 0 unspecified atom stereocenters. The number of nitrogens with zero attached hydrogens (tertiary/aromatic N) is 5. The summed E-state index contributed by atoms with van der Waals surface area (Å²) in [6, 6.07) is 21.1. The van der Waals surface area contributed by atoms with Crippen LogP contribution in [0, 0.1) is 0 Å². The Hall–Kier alpha value is -3.71. The monoisotopic (exact) mass is 455 g/mol. The predicted octanol–water partition coefficient (Wildman–Crippen LogP) is 3.13. The highest BCUT2D eigenvalue weighted by atomic mass is 16.2. The number of aromatic nitrogens is 3. The number of rotatable bonds is 7. The first kappa shape index (κ1) is 22.1. The second-order valence-electron chi connectivity index (χ2n) is 8.66. The zero-order valence-corrected chi connectivity index (χ0v) is 19.2. The molecule has 0 amide bonds. The largest absolute Gasteiger partial charge is 0.354 e. The van der Waals surface area contributed by atoms with Crippen molar-refractivity contribution in [3.63, 3.8) is 0 Å². The minimum Gasteiger partial charge on any atom is -0.354 e. The number of fused-ring (bicyclic) bond motifs is 1. The van der Waals surface area contributed by atoms with Crippen molar-refractivity contribution in [2.45, 2.75) is 19.4 Å². The van der Waals surface area contributed by atoms with Crippen molar-refractivity contribution in [2.24, 2.45) is 0 Å².